The average molecular weight is 290 g/mol. The third-order valence-corrected chi connectivity index (χ3v) is 5.32. The lowest BCUT2D eigenvalue weighted by Gasteiger charge is -2.13. The normalized spacial score (nSPS) is 19.5. The largest absolute Gasteiger partial charge is 0.488 e. The van der Waals surface area contributed by atoms with Crippen molar-refractivity contribution < 1.29 is 4.74 Å². The summed E-state index contributed by atoms with van der Waals surface area (Å²) in [6.45, 7) is 4.07. The van der Waals surface area contributed by atoms with Gasteiger partial charge in [-0.3, -0.25) is 0 Å². The molecule has 19 heavy (non-hydrogen) atoms. The fourth-order valence-corrected chi connectivity index (χ4v) is 4.43. The molecule has 1 atom stereocenters. The van der Waals surface area contributed by atoms with Crippen molar-refractivity contribution in [2.24, 2.45) is 0 Å². The summed E-state index contributed by atoms with van der Waals surface area (Å²) in [5.74, 6) is 1.01. The van der Waals surface area contributed by atoms with Gasteiger partial charge in [0.05, 0.1) is 19.9 Å². The number of nitrogens with zero attached hydrogens (tertiary/aromatic N) is 1. The zero-order chi connectivity index (χ0) is 12.8. The molecule has 5 heteroatoms. The molecule has 3 aromatic rings. The highest BCUT2D eigenvalue weighted by Crippen LogP contribution is 2.39. The van der Waals surface area contributed by atoms with E-state index in [1.54, 1.807) is 22.7 Å². The van der Waals surface area contributed by atoms with E-state index in [1.807, 2.05) is 0 Å². The second-order valence-electron chi connectivity index (χ2n) is 4.85. The summed E-state index contributed by atoms with van der Waals surface area (Å²) in [4.78, 5) is 4.65. The van der Waals surface area contributed by atoms with E-state index in [0.717, 1.165) is 35.8 Å². The van der Waals surface area contributed by atoms with Crippen LogP contribution in [-0.2, 0) is 0 Å². The molecule has 1 saturated heterocycles. The lowest BCUT2D eigenvalue weighted by atomic mass is 10.2. The molecular formula is C14H14N2OS2. The summed E-state index contributed by atoms with van der Waals surface area (Å²) in [7, 11) is 0. The molecule has 3 heterocycles. The average Bonchev–Trinajstić information content (AvgIpc) is 3.07. The molecule has 2 aromatic heterocycles. The van der Waals surface area contributed by atoms with Crippen LogP contribution >= 0.6 is 22.7 Å². The molecule has 0 aliphatic carbocycles. The molecule has 1 N–H and O–H groups in total. The summed E-state index contributed by atoms with van der Waals surface area (Å²) in [6, 6.07) is 4.30. The highest BCUT2D eigenvalue weighted by atomic mass is 32.1. The van der Waals surface area contributed by atoms with Crippen molar-refractivity contribution in [3.8, 4) is 5.75 Å². The molecule has 0 saturated carbocycles. The number of benzene rings is 1. The van der Waals surface area contributed by atoms with Gasteiger partial charge >= 0.3 is 0 Å². The van der Waals surface area contributed by atoms with Gasteiger partial charge in [-0.1, -0.05) is 0 Å². The van der Waals surface area contributed by atoms with Gasteiger partial charge in [-0.15, -0.1) is 22.7 Å². The van der Waals surface area contributed by atoms with Crippen molar-refractivity contribution in [2.75, 3.05) is 13.1 Å². The minimum absolute atomic E-state index is 0.301. The number of thiazole rings is 1. The van der Waals surface area contributed by atoms with Gasteiger partial charge in [0.15, 0.2) is 0 Å². The van der Waals surface area contributed by atoms with Crippen LogP contribution in [0.25, 0.3) is 20.3 Å². The van der Waals surface area contributed by atoms with E-state index < -0.39 is 0 Å². The first-order valence-corrected chi connectivity index (χ1v) is 8.15. The summed E-state index contributed by atoms with van der Waals surface area (Å²) in [6.07, 6.45) is 1.39. The molecule has 0 spiro atoms. The van der Waals surface area contributed by atoms with Crippen LogP contribution in [0.3, 0.4) is 0 Å². The van der Waals surface area contributed by atoms with Crippen LogP contribution in [0.4, 0.5) is 0 Å². The van der Waals surface area contributed by atoms with Gasteiger partial charge in [-0.2, -0.15) is 0 Å². The first-order valence-electron chi connectivity index (χ1n) is 6.46. The molecule has 0 amide bonds. The number of ether oxygens (including phenoxy) is 1. The number of nitrogens with one attached hydrogen (secondary N) is 1. The van der Waals surface area contributed by atoms with Crippen LogP contribution < -0.4 is 10.1 Å². The SMILES string of the molecule is Cc1nc2c(cc(O[C@@H]3CCNC3)c3ccsc32)s1. The van der Waals surface area contributed by atoms with Gasteiger partial charge in [0.1, 0.15) is 11.9 Å². The van der Waals surface area contributed by atoms with Crippen LogP contribution in [0, 0.1) is 6.92 Å². The maximum atomic E-state index is 6.19. The zero-order valence-corrected chi connectivity index (χ0v) is 12.2. The number of aromatic nitrogens is 1. The summed E-state index contributed by atoms with van der Waals surface area (Å²) >= 11 is 3.49. The number of aryl methyl sites for hydroxylation is 1. The molecule has 4 rings (SSSR count). The van der Waals surface area contributed by atoms with E-state index in [2.05, 4.69) is 34.7 Å². The smallest absolute Gasteiger partial charge is 0.130 e. The topological polar surface area (TPSA) is 34.1 Å². The molecule has 0 bridgehead atoms. The van der Waals surface area contributed by atoms with E-state index in [0.29, 0.717) is 6.10 Å². The Bertz CT molecular complexity index is 740. The number of rotatable bonds is 2. The Morgan fingerprint density at radius 3 is 3.26 bits per heavy atom. The van der Waals surface area contributed by atoms with Crippen LogP contribution in [0.2, 0.25) is 0 Å². The number of thiophene rings is 1. The molecule has 0 radical (unpaired) electrons. The van der Waals surface area contributed by atoms with Crippen molar-refractivity contribution >= 4 is 43.0 Å². The van der Waals surface area contributed by atoms with E-state index in [9.17, 15) is 0 Å². The molecule has 1 aliphatic rings. The lowest BCUT2D eigenvalue weighted by molar-refractivity contribution is 0.226. The Morgan fingerprint density at radius 2 is 2.42 bits per heavy atom. The maximum Gasteiger partial charge on any atom is 0.130 e. The first kappa shape index (κ1) is 11.6. The standard InChI is InChI=1S/C14H14N2OS2/c1-8-16-13-12(19-8)6-11(10-3-5-18-14(10)13)17-9-2-4-15-7-9/h3,5-6,9,15H,2,4,7H2,1H3/t9-/m1/s1. The van der Waals surface area contributed by atoms with Gasteiger partial charge in [-0.05, 0) is 31.3 Å². The highest BCUT2D eigenvalue weighted by Gasteiger charge is 2.19. The molecule has 0 unspecified atom stereocenters. The zero-order valence-electron chi connectivity index (χ0n) is 10.6. The Kier molecular flexibility index (Phi) is 2.72. The van der Waals surface area contributed by atoms with E-state index >= 15 is 0 Å². The van der Waals surface area contributed by atoms with Crippen LogP contribution in [-0.4, -0.2) is 24.2 Å². The van der Waals surface area contributed by atoms with Crippen molar-refractivity contribution in [2.45, 2.75) is 19.4 Å². The second-order valence-corrected chi connectivity index (χ2v) is 7.00. The molecular weight excluding hydrogens is 276 g/mol. The Hall–Kier alpha value is -1.17. The van der Waals surface area contributed by atoms with E-state index in [1.165, 1.54) is 14.8 Å². The fourth-order valence-electron chi connectivity index (χ4n) is 2.59. The Labute approximate surface area is 119 Å². The third-order valence-electron chi connectivity index (χ3n) is 3.48. The van der Waals surface area contributed by atoms with Gasteiger partial charge < -0.3 is 10.1 Å². The summed E-state index contributed by atoms with van der Waals surface area (Å²) < 4.78 is 8.67. The predicted octanol–water partition coefficient (Wildman–Crippen LogP) is 3.56. The van der Waals surface area contributed by atoms with Gasteiger partial charge in [-0.25, -0.2) is 4.98 Å². The number of fused-ring (bicyclic) bond motifs is 3. The van der Waals surface area contributed by atoms with Gasteiger partial charge in [0.25, 0.3) is 0 Å². The quantitative estimate of drug-likeness (QED) is 0.783. The van der Waals surface area contributed by atoms with Crippen LogP contribution in [0.1, 0.15) is 11.4 Å². The molecule has 1 fully saturated rings. The molecule has 1 aliphatic heterocycles. The number of hydrogen-bond acceptors (Lipinski definition) is 5. The van der Waals surface area contributed by atoms with E-state index in [-0.39, 0.29) is 0 Å². The Balaban J connectivity index is 1.88. The second kappa shape index (κ2) is 4.44. The highest BCUT2D eigenvalue weighted by molar-refractivity contribution is 7.21. The molecule has 1 aromatic carbocycles. The Morgan fingerprint density at radius 1 is 1.47 bits per heavy atom. The minimum atomic E-state index is 0.301. The van der Waals surface area contributed by atoms with Gasteiger partial charge in [0, 0.05) is 18.0 Å². The molecule has 98 valence electrons. The van der Waals surface area contributed by atoms with Crippen molar-refractivity contribution in [1.29, 1.82) is 0 Å². The fraction of sp³-hybridized carbons (Fsp3) is 0.357. The van der Waals surface area contributed by atoms with E-state index in [4.69, 9.17) is 4.74 Å². The van der Waals surface area contributed by atoms with Gasteiger partial charge in [0.2, 0.25) is 0 Å². The molecule has 3 nitrogen and oxygen atoms in total. The van der Waals surface area contributed by atoms with Crippen molar-refractivity contribution in [1.82, 2.24) is 10.3 Å². The predicted molar refractivity (Wildman–Crippen MR) is 81.6 cm³/mol. The third kappa shape index (κ3) is 1.93. The van der Waals surface area contributed by atoms with Crippen LogP contribution in [0.15, 0.2) is 17.5 Å². The number of hydrogen-bond donors (Lipinski definition) is 1. The van der Waals surface area contributed by atoms with Crippen molar-refractivity contribution in [3.63, 3.8) is 0 Å². The lowest BCUT2D eigenvalue weighted by Crippen LogP contribution is -2.19. The van der Waals surface area contributed by atoms with Crippen molar-refractivity contribution in [3.05, 3.63) is 22.5 Å². The van der Waals surface area contributed by atoms with Crippen LogP contribution in [0.5, 0.6) is 5.75 Å². The summed E-state index contributed by atoms with van der Waals surface area (Å²) in [5.41, 5.74) is 1.13. The maximum absolute atomic E-state index is 6.19. The minimum Gasteiger partial charge on any atom is -0.488 e. The monoisotopic (exact) mass is 290 g/mol. The first-order chi connectivity index (χ1) is 9.31. The summed E-state index contributed by atoms with van der Waals surface area (Å²) in [5, 5.41) is 7.79.